The van der Waals surface area contributed by atoms with Crippen molar-refractivity contribution in [3.05, 3.63) is 24.2 Å². The maximum absolute atomic E-state index is 11.7. The Morgan fingerprint density at radius 2 is 2.24 bits per heavy atom. The average Bonchev–Trinajstić information content (AvgIpc) is 2.78. The predicted octanol–water partition coefficient (Wildman–Crippen LogP) is 2.23. The van der Waals surface area contributed by atoms with Gasteiger partial charge >= 0.3 is 0 Å². The van der Waals surface area contributed by atoms with Crippen molar-refractivity contribution >= 4 is 5.91 Å². The second-order valence-corrected chi connectivity index (χ2v) is 4.90. The summed E-state index contributed by atoms with van der Waals surface area (Å²) in [6, 6.07) is 3.78. The summed E-state index contributed by atoms with van der Waals surface area (Å²) in [6.45, 7) is 8.35. The number of hydrogen-bond acceptors (Lipinski definition) is 3. The molecule has 1 rings (SSSR count). The molecule has 1 unspecified atom stereocenters. The minimum Gasteiger partial charge on any atom is -0.468 e. The maximum Gasteiger partial charge on any atom is 0.234 e. The Balaban J connectivity index is 2.34. The lowest BCUT2D eigenvalue weighted by Gasteiger charge is -2.25. The van der Waals surface area contributed by atoms with E-state index in [0.29, 0.717) is 6.54 Å². The van der Waals surface area contributed by atoms with Gasteiger partial charge in [0.2, 0.25) is 5.91 Å². The highest BCUT2D eigenvalue weighted by Gasteiger charge is 2.18. The quantitative estimate of drug-likeness (QED) is 0.799. The zero-order chi connectivity index (χ0) is 12.9. The van der Waals surface area contributed by atoms with E-state index in [4.69, 9.17) is 4.42 Å². The molecule has 96 valence electrons. The van der Waals surface area contributed by atoms with Gasteiger partial charge < -0.3 is 9.73 Å². The van der Waals surface area contributed by atoms with Crippen molar-refractivity contribution in [2.75, 3.05) is 6.54 Å². The molecule has 0 aliphatic carbocycles. The minimum absolute atomic E-state index is 0.00950. The van der Waals surface area contributed by atoms with Crippen LogP contribution in [0.5, 0.6) is 0 Å². The lowest BCUT2D eigenvalue weighted by Crippen LogP contribution is -2.46. The number of nitrogens with one attached hydrogen (secondary N) is 2. The molecule has 0 aliphatic heterocycles. The third-order valence-electron chi connectivity index (χ3n) is 2.90. The summed E-state index contributed by atoms with van der Waals surface area (Å²) < 4.78 is 5.26. The van der Waals surface area contributed by atoms with E-state index in [0.717, 1.165) is 12.2 Å². The second kappa shape index (κ2) is 5.87. The second-order valence-electron chi connectivity index (χ2n) is 4.90. The summed E-state index contributed by atoms with van der Waals surface area (Å²) in [4.78, 5) is 11.7. The molecule has 4 heteroatoms. The molecule has 1 heterocycles. The fraction of sp³-hybridized carbons (Fsp3) is 0.615. The summed E-state index contributed by atoms with van der Waals surface area (Å²) >= 11 is 0. The third-order valence-corrected chi connectivity index (χ3v) is 2.90. The standard InChI is InChI=1S/C13H22N2O2/c1-5-13(3,4)15-12(16)9-14-10(2)11-7-6-8-17-11/h6-8,10,14H,5,9H2,1-4H3,(H,15,16). The normalized spacial score (nSPS) is 13.4. The number of rotatable bonds is 6. The maximum atomic E-state index is 11.7. The van der Waals surface area contributed by atoms with Gasteiger partial charge in [-0.05, 0) is 39.3 Å². The highest BCUT2D eigenvalue weighted by Crippen LogP contribution is 2.11. The van der Waals surface area contributed by atoms with Crippen LogP contribution >= 0.6 is 0 Å². The Bertz CT molecular complexity index is 344. The topological polar surface area (TPSA) is 54.3 Å². The molecule has 4 nitrogen and oxygen atoms in total. The van der Waals surface area contributed by atoms with Gasteiger partial charge in [0.05, 0.1) is 18.8 Å². The van der Waals surface area contributed by atoms with Crippen LogP contribution in [0.2, 0.25) is 0 Å². The first-order valence-electron chi connectivity index (χ1n) is 6.02. The van der Waals surface area contributed by atoms with E-state index in [9.17, 15) is 4.79 Å². The van der Waals surface area contributed by atoms with Crippen LogP contribution in [-0.2, 0) is 4.79 Å². The van der Waals surface area contributed by atoms with Crippen molar-refractivity contribution in [2.24, 2.45) is 0 Å². The molecule has 0 aliphatic rings. The average molecular weight is 238 g/mol. The van der Waals surface area contributed by atoms with Crippen LogP contribution in [0.4, 0.5) is 0 Å². The molecule has 0 spiro atoms. The van der Waals surface area contributed by atoms with Crippen LogP contribution < -0.4 is 10.6 Å². The molecule has 2 N–H and O–H groups in total. The fourth-order valence-electron chi connectivity index (χ4n) is 1.39. The van der Waals surface area contributed by atoms with Crippen molar-refractivity contribution in [3.63, 3.8) is 0 Å². The highest BCUT2D eigenvalue weighted by molar-refractivity contribution is 5.78. The van der Waals surface area contributed by atoms with Gasteiger partial charge in [-0.3, -0.25) is 10.1 Å². The van der Waals surface area contributed by atoms with Gasteiger partial charge in [-0.25, -0.2) is 0 Å². The van der Waals surface area contributed by atoms with Crippen molar-refractivity contribution in [3.8, 4) is 0 Å². The van der Waals surface area contributed by atoms with Crippen LogP contribution in [0.15, 0.2) is 22.8 Å². The van der Waals surface area contributed by atoms with Gasteiger partial charge in [0.1, 0.15) is 5.76 Å². The highest BCUT2D eigenvalue weighted by atomic mass is 16.3. The van der Waals surface area contributed by atoms with Crippen molar-refractivity contribution in [1.29, 1.82) is 0 Å². The van der Waals surface area contributed by atoms with Gasteiger partial charge in [-0.1, -0.05) is 6.92 Å². The number of hydrogen-bond donors (Lipinski definition) is 2. The Morgan fingerprint density at radius 3 is 2.76 bits per heavy atom. The summed E-state index contributed by atoms with van der Waals surface area (Å²) in [7, 11) is 0. The van der Waals surface area contributed by atoms with Crippen molar-refractivity contribution < 1.29 is 9.21 Å². The number of furan rings is 1. The molecule has 1 amide bonds. The van der Waals surface area contributed by atoms with Gasteiger partial charge in [-0.15, -0.1) is 0 Å². The van der Waals surface area contributed by atoms with E-state index in [1.165, 1.54) is 0 Å². The van der Waals surface area contributed by atoms with E-state index >= 15 is 0 Å². The van der Waals surface area contributed by atoms with Crippen LogP contribution in [-0.4, -0.2) is 18.0 Å². The van der Waals surface area contributed by atoms with E-state index in [2.05, 4.69) is 17.6 Å². The monoisotopic (exact) mass is 238 g/mol. The van der Waals surface area contributed by atoms with Crippen LogP contribution in [0, 0.1) is 0 Å². The first-order chi connectivity index (χ1) is 7.94. The lowest BCUT2D eigenvalue weighted by molar-refractivity contribution is -0.122. The van der Waals surface area contributed by atoms with Crippen LogP contribution in [0.3, 0.4) is 0 Å². The molecule has 0 bridgehead atoms. The van der Waals surface area contributed by atoms with Gasteiger partial charge in [0.15, 0.2) is 0 Å². The summed E-state index contributed by atoms with van der Waals surface area (Å²) in [5, 5.41) is 6.10. The van der Waals surface area contributed by atoms with E-state index in [1.807, 2.05) is 32.9 Å². The van der Waals surface area contributed by atoms with E-state index < -0.39 is 0 Å². The third kappa shape index (κ3) is 4.61. The van der Waals surface area contributed by atoms with Gasteiger partial charge in [-0.2, -0.15) is 0 Å². The van der Waals surface area contributed by atoms with Crippen LogP contribution in [0.1, 0.15) is 45.9 Å². The summed E-state index contributed by atoms with van der Waals surface area (Å²) in [5.74, 6) is 0.850. The van der Waals surface area contributed by atoms with E-state index in [-0.39, 0.29) is 17.5 Å². The molecule has 1 aromatic rings. The molecule has 0 fully saturated rings. The van der Waals surface area contributed by atoms with Crippen LogP contribution in [0.25, 0.3) is 0 Å². The molecule has 1 atom stereocenters. The molecular weight excluding hydrogens is 216 g/mol. The predicted molar refractivity (Wildman–Crippen MR) is 67.6 cm³/mol. The molecule has 1 aromatic heterocycles. The van der Waals surface area contributed by atoms with Gasteiger partial charge in [0, 0.05) is 5.54 Å². The first kappa shape index (κ1) is 13.8. The number of carbonyl (C=O) groups excluding carboxylic acids is 1. The zero-order valence-electron chi connectivity index (χ0n) is 11.0. The fourth-order valence-corrected chi connectivity index (χ4v) is 1.39. The van der Waals surface area contributed by atoms with Crippen molar-refractivity contribution in [2.45, 2.75) is 45.7 Å². The Hall–Kier alpha value is -1.29. The number of carbonyl (C=O) groups is 1. The Labute approximate surface area is 103 Å². The smallest absolute Gasteiger partial charge is 0.234 e. The molecule has 0 saturated carbocycles. The molecule has 0 saturated heterocycles. The van der Waals surface area contributed by atoms with Gasteiger partial charge in [0.25, 0.3) is 0 Å². The lowest BCUT2D eigenvalue weighted by atomic mass is 10.0. The molecule has 17 heavy (non-hydrogen) atoms. The number of amides is 1. The molecular formula is C13H22N2O2. The summed E-state index contributed by atoms with van der Waals surface area (Å²) in [5.41, 5.74) is -0.146. The SMILES string of the molecule is CCC(C)(C)NC(=O)CNC(C)c1ccco1. The largest absolute Gasteiger partial charge is 0.468 e. The zero-order valence-corrected chi connectivity index (χ0v) is 11.0. The Morgan fingerprint density at radius 1 is 1.53 bits per heavy atom. The van der Waals surface area contributed by atoms with Crippen molar-refractivity contribution in [1.82, 2.24) is 10.6 Å². The van der Waals surface area contributed by atoms with E-state index in [1.54, 1.807) is 6.26 Å². The molecule has 0 aromatic carbocycles. The molecule has 0 radical (unpaired) electrons. The summed E-state index contributed by atoms with van der Waals surface area (Å²) in [6.07, 6.45) is 2.54. The minimum atomic E-state index is -0.146. The Kier molecular flexibility index (Phi) is 4.75. The first-order valence-corrected chi connectivity index (χ1v) is 6.02.